The van der Waals surface area contributed by atoms with E-state index in [1.54, 1.807) is 30.3 Å². The largest absolute Gasteiger partial charge is 0.486 e. The number of fused-ring (bicyclic) bond motifs is 2. The van der Waals surface area contributed by atoms with E-state index in [0.29, 0.717) is 47.2 Å². The van der Waals surface area contributed by atoms with Gasteiger partial charge in [0.05, 0.1) is 5.69 Å². The molecular weight excluding hydrogens is 453 g/mol. The summed E-state index contributed by atoms with van der Waals surface area (Å²) in [6.07, 6.45) is -1.46. The molecule has 6 rings (SSSR count). The van der Waals surface area contributed by atoms with Crippen molar-refractivity contribution in [1.29, 1.82) is 0 Å². The van der Waals surface area contributed by atoms with Gasteiger partial charge in [-0.05, 0) is 51.9 Å². The summed E-state index contributed by atoms with van der Waals surface area (Å²) < 4.78 is 54.2. The van der Waals surface area contributed by atoms with Crippen molar-refractivity contribution in [3.63, 3.8) is 0 Å². The van der Waals surface area contributed by atoms with Gasteiger partial charge in [0.25, 0.3) is 5.82 Å². The second kappa shape index (κ2) is 7.57. The Morgan fingerprint density at radius 2 is 1.88 bits per heavy atom. The van der Waals surface area contributed by atoms with Crippen LogP contribution in [-0.2, 0) is 6.18 Å². The van der Waals surface area contributed by atoms with Crippen LogP contribution in [0.25, 0.3) is 11.4 Å². The van der Waals surface area contributed by atoms with Crippen molar-refractivity contribution in [1.82, 2.24) is 35.0 Å². The number of allylic oxidation sites excluding steroid dienone is 1. The summed E-state index contributed by atoms with van der Waals surface area (Å²) in [4.78, 5) is 3.71. The van der Waals surface area contributed by atoms with Crippen LogP contribution >= 0.6 is 0 Å². The van der Waals surface area contributed by atoms with E-state index in [4.69, 9.17) is 9.47 Å². The Morgan fingerprint density at radius 3 is 2.68 bits per heavy atom. The summed E-state index contributed by atoms with van der Waals surface area (Å²) in [5.41, 5.74) is 2.62. The lowest BCUT2D eigenvalue weighted by molar-refractivity contribution is -0.145. The highest BCUT2D eigenvalue weighted by Gasteiger charge is 2.39. The number of aromatic nitrogens is 7. The number of ether oxygens (including phenoxy) is 2. The molecule has 0 aliphatic carbocycles. The van der Waals surface area contributed by atoms with E-state index >= 15 is 0 Å². The molecular formula is C21H15F3N8O2. The van der Waals surface area contributed by atoms with Crippen molar-refractivity contribution in [3.8, 4) is 17.2 Å². The number of benzene rings is 2. The maximum atomic E-state index is 13.4. The Balaban J connectivity index is 1.46. The van der Waals surface area contributed by atoms with Gasteiger partial charge in [0.1, 0.15) is 25.6 Å². The van der Waals surface area contributed by atoms with Crippen molar-refractivity contribution in [2.45, 2.75) is 12.2 Å². The molecule has 0 amide bonds. The lowest BCUT2D eigenvalue weighted by Gasteiger charge is -2.26. The first-order chi connectivity index (χ1) is 16.5. The maximum absolute atomic E-state index is 13.4. The summed E-state index contributed by atoms with van der Waals surface area (Å²) in [5.74, 6) is -0.153. The van der Waals surface area contributed by atoms with Crippen LogP contribution in [0.4, 0.5) is 19.1 Å². The third kappa shape index (κ3) is 3.50. The molecule has 2 aliphatic heterocycles. The first-order valence-corrected chi connectivity index (χ1v) is 10.2. The number of nitrogens with zero attached hydrogens (tertiary/aromatic N) is 7. The van der Waals surface area contributed by atoms with Crippen LogP contribution in [0.3, 0.4) is 0 Å². The number of alkyl halides is 3. The Morgan fingerprint density at radius 1 is 1.03 bits per heavy atom. The summed E-state index contributed by atoms with van der Waals surface area (Å²) in [6.45, 7) is 0.823. The van der Waals surface area contributed by atoms with Gasteiger partial charge in [-0.15, -0.1) is 10.2 Å². The normalized spacial score (nSPS) is 17.0. The highest BCUT2D eigenvalue weighted by molar-refractivity contribution is 5.78. The third-order valence-electron chi connectivity index (χ3n) is 5.40. The van der Waals surface area contributed by atoms with Crippen LogP contribution in [0.2, 0.25) is 0 Å². The zero-order valence-electron chi connectivity index (χ0n) is 17.3. The molecule has 1 N–H and O–H groups in total. The lowest BCUT2D eigenvalue weighted by Crippen LogP contribution is -2.21. The molecule has 10 nitrogen and oxygen atoms in total. The minimum Gasteiger partial charge on any atom is -0.486 e. The molecule has 2 aliphatic rings. The topological polar surface area (TPSA) is 105 Å². The fraction of sp³-hybridized carbons (Fsp3) is 0.190. The van der Waals surface area contributed by atoms with Crippen LogP contribution < -0.4 is 14.8 Å². The Bertz CT molecular complexity index is 1400. The van der Waals surface area contributed by atoms with E-state index in [-0.39, 0.29) is 5.95 Å². The molecule has 0 spiro atoms. The standard InChI is InChI=1S/C21H15F3N8O2/c22-21(23,24)19-27-20-26-15(12-2-1-3-14(8-12)31-11-25-29-30-31)10-16(32(20)28-19)13-4-5-17-18(9-13)34-7-6-33-17/h1-5,8-11,16H,6-7H2,(H,26,27,28)/t16-/m1/s1. The van der Waals surface area contributed by atoms with Crippen molar-refractivity contribution >= 4 is 11.6 Å². The molecule has 0 unspecified atom stereocenters. The average Bonchev–Trinajstić information content (AvgIpc) is 3.53. The number of nitrogens with one attached hydrogen (secondary N) is 1. The quantitative estimate of drug-likeness (QED) is 0.489. The number of hydrogen-bond donors (Lipinski definition) is 1. The van der Waals surface area contributed by atoms with E-state index in [1.165, 1.54) is 15.7 Å². The van der Waals surface area contributed by atoms with Crippen molar-refractivity contribution in [3.05, 3.63) is 71.8 Å². The number of rotatable bonds is 3. The molecule has 1 atom stereocenters. The molecule has 0 radical (unpaired) electrons. The minimum atomic E-state index is -4.69. The van der Waals surface area contributed by atoms with E-state index in [9.17, 15) is 13.2 Å². The van der Waals surface area contributed by atoms with Crippen LogP contribution in [0.15, 0.2) is 54.9 Å². The third-order valence-corrected chi connectivity index (χ3v) is 5.40. The zero-order chi connectivity index (χ0) is 23.3. The summed E-state index contributed by atoms with van der Waals surface area (Å²) >= 11 is 0. The van der Waals surface area contributed by atoms with Crippen molar-refractivity contribution in [2.75, 3.05) is 18.5 Å². The molecule has 2 aromatic carbocycles. The molecule has 2 aromatic heterocycles. The van der Waals surface area contributed by atoms with Gasteiger partial charge < -0.3 is 14.8 Å². The van der Waals surface area contributed by atoms with Crippen LogP contribution in [0.5, 0.6) is 11.5 Å². The molecule has 0 bridgehead atoms. The summed E-state index contributed by atoms with van der Waals surface area (Å²) in [5, 5.41) is 17.9. The molecule has 4 heterocycles. The molecule has 172 valence electrons. The monoisotopic (exact) mass is 468 g/mol. The average molecular weight is 468 g/mol. The van der Waals surface area contributed by atoms with E-state index < -0.39 is 18.0 Å². The predicted octanol–water partition coefficient (Wildman–Crippen LogP) is 3.10. The van der Waals surface area contributed by atoms with Gasteiger partial charge >= 0.3 is 6.18 Å². The van der Waals surface area contributed by atoms with E-state index in [0.717, 1.165) is 0 Å². The second-order valence-corrected chi connectivity index (χ2v) is 7.56. The van der Waals surface area contributed by atoms with Gasteiger partial charge in [0, 0.05) is 5.70 Å². The molecule has 4 aromatic rings. The summed E-state index contributed by atoms with van der Waals surface area (Å²) in [6, 6.07) is 11.8. The van der Waals surface area contributed by atoms with Crippen LogP contribution in [0.1, 0.15) is 23.0 Å². The first-order valence-electron chi connectivity index (χ1n) is 10.2. The Labute approximate surface area is 189 Å². The minimum absolute atomic E-state index is 0.0301. The lowest BCUT2D eigenvalue weighted by atomic mass is 10.0. The van der Waals surface area contributed by atoms with E-state index in [2.05, 4.69) is 30.9 Å². The SMILES string of the molecule is FC(F)(F)c1nc2n(n1)[C@@H](c1ccc3c(c1)OCCO3)C=C(c1cccc(-n3cnnn3)c1)N2. The zero-order valence-corrected chi connectivity index (χ0v) is 17.3. The second-order valence-electron chi connectivity index (χ2n) is 7.56. The van der Waals surface area contributed by atoms with Gasteiger partial charge in [0.15, 0.2) is 11.5 Å². The number of halogens is 3. The molecule has 13 heteroatoms. The van der Waals surface area contributed by atoms with E-state index in [1.807, 2.05) is 18.2 Å². The predicted molar refractivity (Wildman–Crippen MR) is 111 cm³/mol. The molecule has 34 heavy (non-hydrogen) atoms. The van der Waals surface area contributed by atoms with Gasteiger partial charge in [-0.2, -0.15) is 18.2 Å². The highest BCUT2D eigenvalue weighted by Crippen LogP contribution is 2.39. The van der Waals surface area contributed by atoms with Gasteiger partial charge in [-0.3, -0.25) is 0 Å². The number of hydrogen-bond acceptors (Lipinski definition) is 8. The van der Waals surface area contributed by atoms with Crippen molar-refractivity contribution < 1.29 is 22.6 Å². The van der Waals surface area contributed by atoms with Gasteiger partial charge in [-0.25, -0.2) is 9.36 Å². The van der Waals surface area contributed by atoms with Gasteiger partial charge in [-0.1, -0.05) is 18.2 Å². The fourth-order valence-electron chi connectivity index (χ4n) is 3.86. The Hall–Kier alpha value is -4.42. The molecule has 0 fully saturated rings. The fourth-order valence-corrected chi connectivity index (χ4v) is 3.86. The smallest absolute Gasteiger partial charge is 0.453 e. The molecule has 0 saturated carbocycles. The van der Waals surface area contributed by atoms with Crippen LogP contribution in [-0.4, -0.2) is 48.2 Å². The van der Waals surface area contributed by atoms with Crippen LogP contribution in [0, 0.1) is 0 Å². The Kier molecular flexibility index (Phi) is 4.50. The maximum Gasteiger partial charge on any atom is 0.453 e. The van der Waals surface area contributed by atoms with Gasteiger partial charge in [0.2, 0.25) is 5.95 Å². The first kappa shape index (κ1) is 20.2. The number of tetrazole rings is 1. The molecule has 0 saturated heterocycles. The van der Waals surface area contributed by atoms with Crippen molar-refractivity contribution in [2.24, 2.45) is 0 Å². The highest BCUT2D eigenvalue weighted by atomic mass is 19.4. The number of anilines is 1. The summed E-state index contributed by atoms with van der Waals surface area (Å²) in [7, 11) is 0.